The lowest BCUT2D eigenvalue weighted by molar-refractivity contribution is -0.134. The van der Waals surface area contributed by atoms with E-state index in [-0.39, 0.29) is 30.0 Å². The highest BCUT2D eigenvalue weighted by molar-refractivity contribution is 5.90. The zero-order valence-electron chi connectivity index (χ0n) is 18.0. The van der Waals surface area contributed by atoms with Crippen LogP contribution in [0, 0.1) is 5.92 Å². The maximum atomic E-state index is 12.9. The molecule has 29 heavy (non-hydrogen) atoms. The second-order valence-corrected chi connectivity index (χ2v) is 8.62. The topological polar surface area (TPSA) is 73.9 Å². The third kappa shape index (κ3) is 6.10. The average Bonchev–Trinajstić information content (AvgIpc) is 3.37. The first-order valence-corrected chi connectivity index (χ1v) is 10.6. The number of rotatable bonds is 8. The Bertz CT molecular complexity index is 725. The van der Waals surface area contributed by atoms with Gasteiger partial charge in [-0.1, -0.05) is 0 Å². The molecule has 160 valence electrons. The number of carbonyl (C=O) groups is 2. The van der Waals surface area contributed by atoms with Gasteiger partial charge < -0.3 is 25.2 Å². The molecule has 0 bridgehead atoms. The lowest BCUT2D eigenvalue weighted by Crippen LogP contribution is -2.38. The Morgan fingerprint density at radius 3 is 2.55 bits per heavy atom. The van der Waals surface area contributed by atoms with Crippen LogP contribution in [0.2, 0.25) is 0 Å². The van der Waals surface area contributed by atoms with E-state index in [0.29, 0.717) is 13.1 Å². The van der Waals surface area contributed by atoms with Gasteiger partial charge in [0.05, 0.1) is 6.10 Å². The van der Waals surface area contributed by atoms with E-state index in [2.05, 4.69) is 10.6 Å². The number of nitrogens with one attached hydrogen (secondary N) is 2. The molecule has 1 atom stereocenters. The molecule has 2 fully saturated rings. The Hall–Kier alpha value is -2.28. The molecule has 1 aromatic rings. The number of benzene rings is 1. The summed E-state index contributed by atoms with van der Waals surface area (Å²) < 4.78 is 5.79. The summed E-state index contributed by atoms with van der Waals surface area (Å²) in [4.78, 5) is 29.0. The van der Waals surface area contributed by atoms with E-state index in [1.165, 1.54) is 0 Å². The predicted octanol–water partition coefficient (Wildman–Crippen LogP) is 3.20. The van der Waals surface area contributed by atoms with Crippen LogP contribution in [0.3, 0.4) is 0 Å². The first-order valence-electron chi connectivity index (χ1n) is 10.6. The zero-order valence-corrected chi connectivity index (χ0v) is 18.0. The van der Waals surface area contributed by atoms with E-state index in [4.69, 9.17) is 4.74 Å². The van der Waals surface area contributed by atoms with Gasteiger partial charge in [-0.2, -0.15) is 0 Å². The van der Waals surface area contributed by atoms with Crippen LogP contribution in [0.5, 0.6) is 0 Å². The van der Waals surface area contributed by atoms with Crippen LogP contribution in [0.15, 0.2) is 18.2 Å². The van der Waals surface area contributed by atoms with Crippen molar-refractivity contribution in [3.8, 4) is 0 Å². The highest BCUT2D eigenvalue weighted by Crippen LogP contribution is 2.33. The summed E-state index contributed by atoms with van der Waals surface area (Å²) in [5.74, 6) is 0.387. The molecule has 1 saturated carbocycles. The Morgan fingerprint density at radius 2 is 1.97 bits per heavy atom. The van der Waals surface area contributed by atoms with Crippen LogP contribution in [0.1, 0.15) is 45.1 Å². The van der Waals surface area contributed by atoms with E-state index in [0.717, 1.165) is 49.2 Å². The lowest BCUT2D eigenvalue weighted by atomic mass is 10.1. The number of anilines is 2. The minimum Gasteiger partial charge on any atom is -0.377 e. The maximum absolute atomic E-state index is 12.9. The summed E-state index contributed by atoms with van der Waals surface area (Å²) in [6.07, 6.45) is 4.16. The number of amides is 3. The van der Waals surface area contributed by atoms with Gasteiger partial charge in [0.1, 0.15) is 0 Å². The summed E-state index contributed by atoms with van der Waals surface area (Å²) in [5.41, 5.74) is 2.78. The Kier molecular flexibility index (Phi) is 7.00. The Labute approximate surface area is 173 Å². The molecule has 2 N–H and O–H groups in total. The summed E-state index contributed by atoms with van der Waals surface area (Å²) in [7, 11) is 3.98. The van der Waals surface area contributed by atoms with Gasteiger partial charge in [0.2, 0.25) is 5.91 Å². The summed E-state index contributed by atoms with van der Waals surface area (Å²) in [5, 5.41) is 5.73. The van der Waals surface area contributed by atoms with Crippen molar-refractivity contribution in [1.82, 2.24) is 10.2 Å². The van der Waals surface area contributed by atoms with Crippen molar-refractivity contribution in [2.24, 2.45) is 5.92 Å². The van der Waals surface area contributed by atoms with E-state index in [9.17, 15) is 9.59 Å². The first kappa shape index (κ1) is 21.4. The number of ether oxygens (including phenoxy) is 1. The molecule has 0 spiro atoms. The molecule has 1 aliphatic carbocycles. The van der Waals surface area contributed by atoms with Crippen molar-refractivity contribution >= 4 is 23.3 Å². The van der Waals surface area contributed by atoms with Gasteiger partial charge in [-0.15, -0.1) is 0 Å². The average molecular weight is 403 g/mol. The van der Waals surface area contributed by atoms with Crippen LogP contribution < -0.4 is 15.5 Å². The van der Waals surface area contributed by atoms with Gasteiger partial charge in [0.25, 0.3) is 0 Å². The molecule has 7 nitrogen and oxygen atoms in total. The number of nitrogens with zero attached hydrogens (tertiary/aromatic N) is 2. The molecule has 1 heterocycles. The second kappa shape index (κ2) is 9.48. The van der Waals surface area contributed by atoms with Crippen molar-refractivity contribution in [2.75, 3.05) is 37.5 Å². The Balaban J connectivity index is 1.79. The highest BCUT2D eigenvalue weighted by atomic mass is 16.5. The maximum Gasteiger partial charge on any atom is 0.319 e. The Morgan fingerprint density at radius 1 is 1.21 bits per heavy atom. The van der Waals surface area contributed by atoms with Gasteiger partial charge in [-0.3, -0.25) is 4.79 Å². The van der Waals surface area contributed by atoms with Crippen LogP contribution >= 0.6 is 0 Å². The fourth-order valence-corrected chi connectivity index (χ4v) is 3.72. The molecular weight excluding hydrogens is 368 g/mol. The molecule has 1 saturated heterocycles. The third-order valence-electron chi connectivity index (χ3n) is 5.29. The van der Waals surface area contributed by atoms with Crippen LogP contribution in [0.25, 0.3) is 0 Å². The van der Waals surface area contributed by atoms with Gasteiger partial charge in [-0.25, -0.2) is 4.79 Å². The van der Waals surface area contributed by atoms with Crippen molar-refractivity contribution in [3.63, 3.8) is 0 Å². The standard InChI is InChI=1S/C22H34N4O3/c1-15(2)23-22(28)24-18-9-10-20(25(3)4)17(12-18)13-26(21(27)16-7-8-16)14-19-6-5-11-29-19/h9-10,12,15-16,19H,5-8,11,13-14H2,1-4H3,(H2,23,24,28)/t19-/m0/s1. The van der Waals surface area contributed by atoms with Gasteiger partial charge in [0.15, 0.2) is 0 Å². The predicted molar refractivity (Wildman–Crippen MR) is 115 cm³/mol. The van der Waals surface area contributed by atoms with Crippen molar-refractivity contribution < 1.29 is 14.3 Å². The van der Waals surface area contributed by atoms with Gasteiger partial charge in [0, 0.05) is 57.1 Å². The summed E-state index contributed by atoms with van der Waals surface area (Å²) in [6, 6.07) is 5.69. The number of urea groups is 1. The molecule has 0 radical (unpaired) electrons. The second-order valence-electron chi connectivity index (χ2n) is 8.62. The molecule has 7 heteroatoms. The third-order valence-corrected chi connectivity index (χ3v) is 5.29. The fourth-order valence-electron chi connectivity index (χ4n) is 3.72. The van der Waals surface area contributed by atoms with E-state index in [1.807, 2.05) is 55.9 Å². The van der Waals surface area contributed by atoms with Crippen LogP contribution in [-0.2, 0) is 16.1 Å². The molecule has 1 aromatic carbocycles. The molecule has 1 aliphatic heterocycles. The molecule has 3 rings (SSSR count). The highest BCUT2D eigenvalue weighted by Gasteiger charge is 2.35. The molecule has 3 amide bonds. The quantitative estimate of drug-likeness (QED) is 0.700. The van der Waals surface area contributed by atoms with Crippen molar-refractivity contribution in [2.45, 2.75) is 58.2 Å². The molecule has 0 aromatic heterocycles. The molecule has 2 aliphatic rings. The van der Waals surface area contributed by atoms with E-state index in [1.54, 1.807) is 0 Å². The molecule has 0 unspecified atom stereocenters. The summed E-state index contributed by atoms with van der Waals surface area (Å²) >= 11 is 0. The van der Waals surface area contributed by atoms with E-state index >= 15 is 0 Å². The minimum absolute atomic E-state index is 0.0635. The van der Waals surface area contributed by atoms with Crippen LogP contribution in [0.4, 0.5) is 16.2 Å². The fraction of sp³-hybridized carbons (Fsp3) is 0.636. The number of hydrogen-bond acceptors (Lipinski definition) is 4. The minimum atomic E-state index is -0.228. The SMILES string of the molecule is CC(C)NC(=O)Nc1ccc(N(C)C)c(CN(C[C@@H]2CCCO2)C(=O)C2CC2)c1. The molecular formula is C22H34N4O3. The zero-order chi connectivity index (χ0) is 21.0. The smallest absolute Gasteiger partial charge is 0.319 e. The largest absolute Gasteiger partial charge is 0.377 e. The van der Waals surface area contributed by atoms with Gasteiger partial charge in [-0.05, 0) is 63.3 Å². The van der Waals surface area contributed by atoms with Crippen molar-refractivity contribution in [1.29, 1.82) is 0 Å². The number of carbonyl (C=O) groups excluding carboxylic acids is 2. The normalized spacial score (nSPS) is 18.6. The summed E-state index contributed by atoms with van der Waals surface area (Å²) in [6.45, 7) is 5.78. The van der Waals surface area contributed by atoms with Crippen LogP contribution in [-0.4, -0.2) is 56.2 Å². The first-order chi connectivity index (χ1) is 13.8. The van der Waals surface area contributed by atoms with E-state index < -0.39 is 0 Å². The lowest BCUT2D eigenvalue weighted by Gasteiger charge is -2.28. The van der Waals surface area contributed by atoms with Crippen molar-refractivity contribution in [3.05, 3.63) is 23.8 Å². The monoisotopic (exact) mass is 402 g/mol. The van der Waals surface area contributed by atoms with Gasteiger partial charge >= 0.3 is 6.03 Å². The number of hydrogen-bond donors (Lipinski definition) is 2.